The Hall–Kier alpha value is -1.09. The second-order valence-corrected chi connectivity index (χ2v) is 5.08. The third-order valence-corrected chi connectivity index (χ3v) is 2.84. The summed E-state index contributed by atoms with van der Waals surface area (Å²) < 4.78 is 5.13. The number of nitrogens with zero attached hydrogens (tertiary/aromatic N) is 3. The molecule has 0 spiro atoms. The maximum Gasteiger partial charge on any atom is 0.191 e. The predicted octanol–water partition coefficient (Wildman–Crippen LogP) is 1.86. The Kier molecular flexibility index (Phi) is 10.9. The van der Waals surface area contributed by atoms with E-state index in [9.17, 15) is 0 Å². The van der Waals surface area contributed by atoms with Crippen molar-refractivity contribution >= 4 is 35.8 Å². The average molecular weight is 421 g/mol. The van der Waals surface area contributed by atoms with Crippen LogP contribution in [0.15, 0.2) is 23.3 Å². The summed E-state index contributed by atoms with van der Waals surface area (Å²) in [5.74, 6) is 1.73. The molecular formula is C15H28IN5O. The average Bonchev–Trinajstić information content (AvgIpc) is 2.45. The summed E-state index contributed by atoms with van der Waals surface area (Å²) in [4.78, 5) is 11.0. The lowest BCUT2D eigenvalue weighted by Gasteiger charge is -2.18. The Balaban J connectivity index is 0.00000441. The Morgan fingerprint density at radius 1 is 1.45 bits per heavy atom. The molecule has 7 heteroatoms. The van der Waals surface area contributed by atoms with Gasteiger partial charge in [0.05, 0.1) is 13.2 Å². The number of hydrogen-bond acceptors (Lipinski definition) is 4. The van der Waals surface area contributed by atoms with E-state index in [0.29, 0.717) is 13.2 Å². The van der Waals surface area contributed by atoms with Gasteiger partial charge in [-0.05, 0) is 19.9 Å². The molecule has 0 saturated carbocycles. The number of guanidine groups is 1. The fourth-order valence-corrected chi connectivity index (χ4v) is 1.97. The summed E-state index contributed by atoms with van der Waals surface area (Å²) in [5, 5.41) is 6.56. The van der Waals surface area contributed by atoms with E-state index in [2.05, 4.69) is 27.5 Å². The van der Waals surface area contributed by atoms with Gasteiger partial charge in [-0.2, -0.15) is 0 Å². The van der Waals surface area contributed by atoms with Crippen molar-refractivity contribution in [3.63, 3.8) is 0 Å². The summed E-state index contributed by atoms with van der Waals surface area (Å²) in [6.07, 6.45) is 1.80. The van der Waals surface area contributed by atoms with Crippen LogP contribution in [-0.4, -0.2) is 51.3 Å². The molecule has 0 fully saturated rings. The fourth-order valence-electron chi connectivity index (χ4n) is 1.97. The van der Waals surface area contributed by atoms with E-state index < -0.39 is 0 Å². The van der Waals surface area contributed by atoms with Crippen LogP contribution in [0.3, 0.4) is 0 Å². The van der Waals surface area contributed by atoms with Crippen molar-refractivity contribution in [1.29, 1.82) is 0 Å². The minimum atomic E-state index is 0. The molecule has 1 rings (SSSR count). The van der Waals surface area contributed by atoms with Crippen LogP contribution in [0.2, 0.25) is 0 Å². The molecule has 1 atom stereocenters. The highest BCUT2D eigenvalue weighted by Gasteiger charge is 2.07. The molecule has 126 valence electrons. The molecule has 0 amide bonds. The van der Waals surface area contributed by atoms with Crippen molar-refractivity contribution in [2.45, 2.75) is 26.4 Å². The topological polar surface area (TPSA) is 61.8 Å². The van der Waals surface area contributed by atoms with Gasteiger partial charge in [0.2, 0.25) is 0 Å². The quantitative estimate of drug-likeness (QED) is 0.400. The highest BCUT2D eigenvalue weighted by molar-refractivity contribution is 14.0. The summed E-state index contributed by atoms with van der Waals surface area (Å²) >= 11 is 0. The number of halogens is 1. The summed E-state index contributed by atoms with van der Waals surface area (Å²) in [7, 11) is 5.67. The number of nitrogens with one attached hydrogen (secondary N) is 2. The van der Waals surface area contributed by atoms with Crippen LogP contribution < -0.4 is 15.5 Å². The number of ether oxygens (including phenoxy) is 1. The molecule has 0 aliphatic rings. The number of aromatic nitrogens is 1. The molecule has 6 nitrogen and oxygen atoms in total. The largest absolute Gasteiger partial charge is 0.383 e. The smallest absolute Gasteiger partial charge is 0.191 e. The first-order chi connectivity index (χ1) is 10.1. The van der Waals surface area contributed by atoms with Crippen molar-refractivity contribution in [1.82, 2.24) is 15.6 Å². The van der Waals surface area contributed by atoms with Gasteiger partial charge < -0.3 is 20.3 Å². The molecule has 1 heterocycles. The molecule has 1 aromatic heterocycles. The first kappa shape index (κ1) is 20.9. The lowest BCUT2D eigenvalue weighted by Crippen LogP contribution is -2.43. The van der Waals surface area contributed by atoms with Gasteiger partial charge in [0.25, 0.3) is 0 Å². The van der Waals surface area contributed by atoms with E-state index in [1.54, 1.807) is 13.3 Å². The van der Waals surface area contributed by atoms with Gasteiger partial charge >= 0.3 is 0 Å². The lowest BCUT2D eigenvalue weighted by molar-refractivity contribution is 0.179. The van der Waals surface area contributed by atoms with Crippen LogP contribution >= 0.6 is 24.0 Å². The molecule has 1 unspecified atom stereocenters. The maximum absolute atomic E-state index is 5.13. The third-order valence-electron chi connectivity index (χ3n) is 2.84. The second kappa shape index (κ2) is 11.5. The minimum absolute atomic E-state index is 0. The standard InChI is InChI=1S/C15H27N5O.HI/c1-6-16-15(19-12(2)11-21-5)18-10-13-8-7-9-17-14(13)20(3)4;/h7-9,12H,6,10-11H2,1-5H3,(H2,16,18,19);1H. The van der Waals surface area contributed by atoms with Crippen LogP contribution in [-0.2, 0) is 11.3 Å². The number of pyridine rings is 1. The van der Waals surface area contributed by atoms with Gasteiger partial charge in [-0.25, -0.2) is 9.98 Å². The Morgan fingerprint density at radius 2 is 2.18 bits per heavy atom. The Bertz CT molecular complexity index is 453. The number of aliphatic imine (C=N–C) groups is 1. The van der Waals surface area contributed by atoms with E-state index in [0.717, 1.165) is 23.9 Å². The summed E-state index contributed by atoms with van der Waals surface area (Å²) in [6, 6.07) is 4.19. The van der Waals surface area contributed by atoms with Gasteiger partial charge in [0.15, 0.2) is 5.96 Å². The molecule has 0 saturated heterocycles. The monoisotopic (exact) mass is 421 g/mol. The van der Waals surface area contributed by atoms with Gasteiger partial charge in [0.1, 0.15) is 5.82 Å². The maximum atomic E-state index is 5.13. The number of hydrogen-bond donors (Lipinski definition) is 2. The van der Waals surface area contributed by atoms with Crippen molar-refractivity contribution in [3.05, 3.63) is 23.9 Å². The zero-order chi connectivity index (χ0) is 15.7. The van der Waals surface area contributed by atoms with E-state index in [4.69, 9.17) is 4.74 Å². The van der Waals surface area contributed by atoms with Gasteiger partial charge in [0, 0.05) is 45.6 Å². The molecule has 0 aliphatic heterocycles. The van der Waals surface area contributed by atoms with Crippen LogP contribution in [0.5, 0.6) is 0 Å². The summed E-state index contributed by atoms with van der Waals surface area (Å²) in [5.41, 5.74) is 1.10. The van der Waals surface area contributed by atoms with E-state index >= 15 is 0 Å². The molecule has 0 radical (unpaired) electrons. The zero-order valence-corrected chi connectivity index (χ0v) is 16.4. The van der Waals surface area contributed by atoms with Gasteiger partial charge in [-0.15, -0.1) is 24.0 Å². The van der Waals surface area contributed by atoms with Crippen molar-refractivity contribution < 1.29 is 4.74 Å². The second-order valence-electron chi connectivity index (χ2n) is 5.08. The van der Waals surface area contributed by atoms with Gasteiger partial charge in [-0.3, -0.25) is 0 Å². The van der Waals surface area contributed by atoms with Crippen LogP contribution in [0, 0.1) is 0 Å². The third kappa shape index (κ3) is 7.26. The van der Waals surface area contributed by atoms with E-state index in [1.807, 2.05) is 38.1 Å². The van der Waals surface area contributed by atoms with Crippen molar-refractivity contribution in [2.24, 2.45) is 4.99 Å². The number of anilines is 1. The first-order valence-electron chi connectivity index (χ1n) is 7.23. The predicted molar refractivity (Wildman–Crippen MR) is 103 cm³/mol. The normalized spacial score (nSPS) is 12.3. The summed E-state index contributed by atoms with van der Waals surface area (Å²) in [6.45, 7) is 6.15. The minimum Gasteiger partial charge on any atom is -0.383 e. The number of methoxy groups -OCH3 is 1. The molecule has 1 aromatic rings. The molecule has 0 aliphatic carbocycles. The number of rotatable bonds is 7. The zero-order valence-electron chi connectivity index (χ0n) is 14.1. The lowest BCUT2D eigenvalue weighted by atomic mass is 10.2. The SMILES string of the molecule is CCNC(=NCc1cccnc1N(C)C)NC(C)COC.I. The van der Waals surface area contributed by atoms with Crippen LogP contribution in [0.4, 0.5) is 5.82 Å². The molecule has 2 N–H and O–H groups in total. The van der Waals surface area contributed by atoms with Crippen LogP contribution in [0.25, 0.3) is 0 Å². The van der Waals surface area contributed by atoms with E-state index in [1.165, 1.54) is 0 Å². The van der Waals surface area contributed by atoms with E-state index in [-0.39, 0.29) is 30.0 Å². The molecule has 0 aromatic carbocycles. The molecular weight excluding hydrogens is 393 g/mol. The van der Waals surface area contributed by atoms with Gasteiger partial charge in [-0.1, -0.05) is 6.07 Å². The highest BCUT2D eigenvalue weighted by Crippen LogP contribution is 2.15. The van der Waals surface area contributed by atoms with Crippen molar-refractivity contribution in [3.8, 4) is 0 Å². The highest BCUT2D eigenvalue weighted by atomic mass is 127. The first-order valence-corrected chi connectivity index (χ1v) is 7.23. The fraction of sp³-hybridized carbons (Fsp3) is 0.600. The van der Waals surface area contributed by atoms with Crippen molar-refractivity contribution in [2.75, 3.05) is 39.3 Å². The van der Waals surface area contributed by atoms with Crippen LogP contribution in [0.1, 0.15) is 19.4 Å². The molecule has 22 heavy (non-hydrogen) atoms. The Labute approximate surface area is 150 Å². The molecule has 0 bridgehead atoms. The Morgan fingerprint density at radius 3 is 2.77 bits per heavy atom.